The van der Waals surface area contributed by atoms with E-state index in [1.165, 1.54) is 22.3 Å². The van der Waals surface area contributed by atoms with Gasteiger partial charge >= 0.3 is 0 Å². The minimum atomic E-state index is -0.204. The third-order valence-electron chi connectivity index (χ3n) is 7.72. The zero-order valence-electron chi connectivity index (χ0n) is 22.9. The highest BCUT2D eigenvalue weighted by atomic mass is 16.3. The average molecular weight is 528 g/mol. The van der Waals surface area contributed by atoms with Crippen molar-refractivity contribution in [2.45, 2.75) is 45.6 Å². The number of aliphatic imine (C=N–C) groups is 1. The SMILES string of the molecule is CC1=C(c2ccccc2O)C=C(CCc2ccc(C[C@@H](C)C(=O)Nc3cccc(C#N)c3)cc2)CC2N=CC=C12. The van der Waals surface area contributed by atoms with Crippen LogP contribution in [0.5, 0.6) is 5.75 Å². The number of para-hydroxylation sites is 1. The number of nitrogens with one attached hydrogen (secondary N) is 1. The Bertz CT molecular complexity index is 1590. The van der Waals surface area contributed by atoms with Gasteiger partial charge in [0.1, 0.15) is 5.75 Å². The summed E-state index contributed by atoms with van der Waals surface area (Å²) < 4.78 is 0. The Labute approximate surface area is 235 Å². The van der Waals surface area contributed by atoms with Crippen molar-refractivity contribution in [2.75, 3.05) is 5.32 Å². The summed E-state index contributed by atoms with van der Waals surface area (Å²) in [5, 5.41) is 22.6. The molecule has 2 N–H and O–H groups in total. The number of nitrogens with zero attached hydrogens (tertiary/aromatic N) is 2. The number of amides is 1. The number of aromatic hydroxyl groups is 1. The molecule has 40 heavy (non-hydrogen) atoms. The zero-order chi connectivity index (χ0) is 28.1. The van der Waals surface area contributed by atoms with Crippen molar-refractivity contribution >= 4 is 23.4 Å². The molecule has 0 aromatic heterocycles. The standard InChI is InChI=1S/C35H33N3O2/c1-23(35(40)38-29-7-5-6-28(19-29)22-36)18-26-13-10-25(11-14-26)12-15-27-20-32(31-8-3-4-9-34(31)39)24(2)30-16-17-37-33(30)21-27/h3-11,13-14,16-17,19-20,23,33,39H,12,15,18,21H2,1-2H3,(H,38,40)/t23-,33?/m1/s1. The van der Waals surface area contributed by atoms with Crippen molar-refractivity contribution in [1.82, 2.24) is 0 Å². The van der Waals surface area contributed by atoms with Crippen molar-refractivity contribution in [2.24, 2.45) is 10.9 Å². The molecule has 1 aliphatic carbocycles. The van der Waals surface area contributed by atoms with Gasteiger partial charge in [-0.05, 0) is 90.8 Å². The lowest BCUT2D eigenvalue weighted by Crippen LogP contribution is -2.22. The first-order chi connectivity index (χ1) is 19.4. The number of carbonyl (C=O) groups excluding carboxylic acids is 1. The Kier molecular flexibility index (Phi) is 8.07. The van der Waals surface area contributed by atoms with Crippen molar-refractivity contribution < 1.29 is 9.90 Å². The van der Waals surface area contributed by atoms with Crippen LogP contribution in [0.15, 0.2) is 107 Å². The van der Waals surface area contributed by atoms with Gasteiger partial charge in [-0.3, -0.25) is 9.79 Å². The Morgan fingerprint density at radius 1 is 1.07 bits per heavy atom. The lowest BCUT2D eigenvalue weighted by atomic mass is 9.94. The van der Waals surface area contributed by atoms with E-state index in [0.29, 0.717) is 23.4 Å². The molecule has 5 rings (SSSR count). The molecule has 5 nitrogen and oxygen atoms in total. The largest absolute Gasteiger partial charge is 0.507 e. The highest BCUT2D eigenvalue weighted by Crippen LogP contribution is 2.39. The first-order valence-electron chi connectivity index (χ1n) is 13.7. The molecule has 1 aliphatic heterocycles. The zero-order valence-corrected chi connectivity index (χ0v) is 22.9. The van der Waals surface area contributed by atoms with Gasteiger partial charge in [-0.15, -0.1) is 0 Å². The van der Waals surface area contributed by atoms with E-state index in [-0.39, 0.29) is 17.9 Å². The Balaban J connectivity index is 1.23. The lowest BCUT2D eigenvalue weighted by molar-refractivity contribution is -0.119. The van der Waals surface area contributed by atoms with Gasteiger partial charge in [-0.25, -0.2) is 0 Å². The molecule has 5 heteroatoms. The van der Waals surface area contributed by atoms with Crippen LogP contribution in [0.3, 0.4) is 0 Å². The van der Waals surface area contributed by atoms with Crippen LogP contribution in [0.4, 0.5) is 5.69 Å². The minimum absolute atomic E-state index is 0.0638. The number of anilines is 1. The predicted molar refractivity (Wildman–Crippen MR) is 161 cm³/mol. The first-order valence-corrected chi connectivity index (χ1v) is 13.7. The second-order valence-electron chi connectivity index (χ2n) is 10.6. The van der Waals surface area contributed by atoms with Crippen LogP contribution in [0.2, 0.25) is 0 Å². The van der Waals surface area contributed by atoms with Crippen molar-refractivity contribution in [3.05, 3.63) is 124 Å². The first kappa shape index (κ1) is 26.9. The summed E-state index contributed by atoms with van der Waals surface area (Å²) >= 11 is 0. The lowest BCUT2D eigenvalue weighted by Gasteiger charge is -2.14. The van der Waals surface area contributed by atoms with Crippen LogP contribution in [0.1, 0.15) is 48.9 Å². The number of fused-ring (bicyclic) bond motifs is 1. The van der Waals surface area contributed by atoms with Gasteiger partial charge in [-0.1, -0.05) is 67.1 Å². The topological polar surface area (TPSA) is 85.5 Å². The molecule has 3 aromatic rings. The molecule has 0 spiro atoms. The third-order valence-corrected chi connectivity index (χ3v) is 7.72. The van der Waals surface area contributed by atoms with Gasteiger partial charge < -0.3 is 10.4 Å². The summed E-state index contributed by atoms with van der Waals surface area (Å²) in [7, 11) is 0. The predicted octanol–water partition coefficient (Wildman–Crippen LogP) is 7.20. The fraction of sp³-hybridized carbons (Fsp3) is 0.229. The van der Waals surface area contributed by atoms with E-state index in [0.717, 1.165) is 36.0 Å². The number of phenolic OH excluding ortho intramolecular Hbond substituents is 1. The Morgan fingerprint density at radius 3 is 2.62 bits per heavy atom. The molecule has 1 unspecified atom stereocenters. The van der Waals surface area contributed by atoms with Gasteiger partial charge in [0.05, 0.1) is 17.7 Å². The molecular weight excluding hydrogens is 494 g/mol. The molecule has 0 fully saturated rings. The second kappa shape index (κ2) is 12.0. The maximum atomic E-state index is 12.7. The molecule has 0 radical (unpaired) electrons. The van der Waals surface area contributed by atoms with Crippen LogP contribution in [-0.2, 0) is 17.6 Å². The summed E-state index contributed by atoms with van der Waals surface area (Å²) in [4.78, 5) is 17.4. The van der Waals surface area contributed by atoms with Gasteiger partial charge in [0.15, 0.2) is 0 Å². The molecule has 0 saturated carbocycles. The van der Waals surface area contributed by atoms with E-state index in [1.807, 2.05) is 31.3 Å². The smallest absolute Gasteiger partial charge is 0.227 e. The minimum Gasteiger partial charge on any atom is -0.507 e. The van der Waals surface area contributed by atoms with Crippen LogP contribution in [0.25, 0.3) is 5.57 Å². The average Bonchev–Trinajstić information content (AvgIpc) is 3.38. The number of aryl methyl sites for hydroxylation is 1. The number of allylic oxidation sites excluding steroid dienone is 3. The molecule has 0 saturated heterocycles. The maximum Gasteiger partial charge on any atom is 0.227 e. The fourth-order valence-electron chi connectivity index (χ4n) is 5.41. The van der Waals surface area contributed by atoms with Crippen LogP contribution in [-0.4, -0.2) is 23.3 Å². The molecule has 3 aromatic carbocycles. The number of rotatable bonds is 8. The normalized spacial score (nSPS) is 16.9. The summed E-state index contributed by atoms with van der Waals surface area (Å²) in [6, 6.07) is 25.2. The summed E-state index contributed by atoms with van der Waals surface area (Å²) in [5.41, 5.74) is 9.15. The second-order valence-corrected chi connectivity index (χ2v) is 10.6. The van der Waals surface area contributed by atoms with Gasteiger partial charge in [0.2, 0.25) is 5.91 Å². The monoisotopic (exact) mass is 527 g/mol. The van der Waals surface area contributed by atoms with Crippen molar-refractivity contribution in [3.63, 3.8) is 0 Å². The maximum absolute atomic E-state index is 12.7. The number of benzene rings is 3. The van der Waals surface area contributed by atoms with Crippen LogP contribution < -0.4 is 5.32 Å². The quantitative estimate of drug-likeness (QED) is 0.325. The molecule has 2 atom stereocenters. The van der Waals surface area contributed by atoms with E-state index in [2.05, 4.69) is 54.7 Å². The van der Waals surface area contributed by atoms with E-state index in [1.54, 1.807) is 30.3 Å². The van der Waals surface area contributed by atoms with Gasteiger partial charge in [-0.2, -0.15) is 5.26 Å². The number of hydrogen-bond acceptors (Lipinski definition) is 4. The van der Waals surface area contributed by atoms with E-state index >= 15 is 0 Å². The number of hydrogen-bond donors (Lipinski definition) is 2. The Morgan fingerprint density at radius 2 is 1.85 bits per heavy atom. The summed E-state index contributed by atoms with van der Waals surface area (Å²) in [5.74, 6) is 0.0236. The molecule has 1 amide bonds. The van der Waals surface area contributed by atoms with Crippen LogP contribution in [0, 0.1) is 17.2 Å². The molecule has 200 valence electrons. The highest BCUT2D eigenvalue weighted by molar-refractivity contribution is 5.92. The molecular formula is C35H33N3O2. The number of nitriles is 1. The molecule has 1 heterocycles. The van der Waals surface area contributed by atoms with E-state index < -0.39 is 0 Å². The highest BCUT2D eigenvalue weighted by Gasteiger charge is 2.25. The van der Waals surface area contributed by atoms with E-state index in [4.69, 9.17) is 10.3 Å². The summed E-state index contributed by atoms with van der Waals surface area (Å²) in [6.45, 7) is 4.04. The molecule has 0 bridgehead atoms. The number of phenols is 1. The fourth-order valence-corrected chi connectivity index (χ4v) is 5.41. The van der Waals surface area contributed by atoms with Crippen molar-refractivity contribution in [1.29, 1.82) is 5.26 Å². The third kappa shape index (κ3) is 6.13. The Hall–Kier alpha value is -4.69. The van der Waals surface area contributed by atoms with E-state index in [9.17, 15) is 9.90 Å². The van der Waals surface area contributed by atoms with Crippen molar-refractivity contribution in [3.8, 4) is 11.8 Å². The number of carbonyl (C=O) groups is 1. The van der Waals surface area contributed by atoms with Gasteiger partial charge in [0, 0.05) is 23.4 Å². The summed E-state index contributed by atoms with van der Waals surface area (Å²) in [6.07, 6.45) is 9.57. The molecule has 2 aliphatic rings. The van der Waals surface area contributed by atoms with Crippen LogP contribution >= 0.6 is 0 Å². The van der Waals surface area contributed by atoms with Gasteiger partial charge in [0.25, 0.3) is 0 Å².